The lowest BCUT2D eigenvalue weighted by atomic mass is 9.98. The second kappa shape index (κ2) is 38.0. The van der Waals surface area contributed by atoms with Gasteiger partial charge in [0.25, 0.3) is 0 Å². The normalized spacial score (nSPS) is 15.9. The van der Waals surface area contributed by atoms with Crippen LogP contribution >= 0.6 is 0 Å². The minimum atomic E-state index is -4.73. The van der Waals surface area contributed by atoms with Crippen molar-refractivity contribution in [3.8, 4) is 5.75 Å². The fraction of sp³-hybridized carbons (Fsp3) is 0.423. The zero-order chi connectivity index (χ0) is 76.9. The molecule has 574 valence electrons. The Kier molecular flexibility index (Phi) is 29.6. The lowest BCUT2D eigenvalue weighted by Gasteiger charge is -2.41. The van der Waals surface area contributed by atoms with Gasteiger partial charge in [0.05, 0.1) is 29.0 Å². The lowest BCUT2D eigenvalue weighted by molar-refractivity contribution is -0.138. The van der Waals surface area contributed by atoms with E-state index in [2.05, 4.69) is 58.0 Å². The third-order valence-electron chi connectivity index (χ3n) is 19.2. The van der Waals surface area contributed by atoms with Crippen LogP contribution in [0.25, 0.3) is 0 Å². The number of nitrogens with one attached hydrogen (secondary N) is 3. The Bertz CT molecular complexity index is 4090. The second-order valence-electron chi connectivity index (χ2n) is 26.9. The standard InChI is InChI=1S/C28H29F4N3O2.C26H27F4N3O2.C24H36F3N3O3S/c1-19(21-8-5-9-26(36)14-21)34-12-10-25(11-13-34)35(18-20-6-3-2-4-7-20)27(37)33-24-16-22(28(30,31)32)15-23(29)17-24;1-18-7-8-24(35-18)17-32-11-9-23(10-12-32)33(16-19-5-3-2-4-6-19)25(34)31-22-14-20(26(28,29)30)13-21(27)15-22;1-4-9-19(3)29-15-12-22(13-16-29)30(14-6-7-17-34(32,33)5-2)23(31)28-21-11-8-10-20(18-21)24(25,26)27/h2-9,14-17,19,25,36H,10-13,18H2,1H3,(H,33,37);2-8,13-15,23H,9-12,16-17H2,1H3,(H,31,34);5,8,10-11,18-19,22H,2,4,6-7,9,12-17H2,1,3H3,(H,28,31). The molecule has 7 aromatic rings. The molecular weight excluding hydrogens is 1420 g/mol. The largest absolute Gasteiger partial charge is 0.508 e. The monoisotopic (exact) mass is 1510 g/mol. The number of furan rings is 1. The SMILES string of the molecule is C=CS(=O)(=O)CCCCN(C(=O)Nc1cccc(C(F)(F)F)c1)C1CCN(C(C)CCC)CC1.CC(c1cccc(O)c1)N1CCC(N(Cc2ccccc2)C(=O)Nc2cc(F)cc(C(F)(F)F)c2)CC1.Cc1ccc(CN2CCC(N(Cc3ccccc3)C(=O)Nc3cc(F)cc(C(F)(F)F)c3)CC2)o1. The summed E-state index contributed by atoms with van der Waals surface area (Å²) in [5.41, 5.74) is -0.775. The van der Waals surface area contributed by atoms with Crippen LogP contribution in [0.5, 0.6) is 5.75 Å². The molecule has 28 heteroatoms. The number of aromatic hydroxyl groups is 1. The minimum absolute atomic E-state index is 0.0490. The van der Waals surface area contributed by atoms with Crippen molar-refractivity contribution in [2.75, 3.05) is 67.5 Å². The highest BCUT2D eigenvalue weighted by molar-refractivity contribution is 7.94. The van der Waals surface area contributed by atoms with Gasteiger partial charge in [-0.1, -0.05) is 98.8 Å². The molecule has 3 fully saturated rings. The van der Waals surface area contributed by atoms with Gasteiger partial charge in [-0.05, 0) is 174 Å². The van der Waals surface area contributed by atoms with E-state index < -0.39 is 74.8 Å². The number of aryl methyl sites for hydroxylation is 1. The molecule has 10 rings (SSSR count). The van der Waals surface area contributed by atoms with Gasteiger partial charge in [0, 0.05) is 112 Å². The summed E-state index contributed by atoms with van der Waals surface area (Å²) in [5.74, 6) is -0.249. The number of amides is 6. The summed E-state index contributed by atoms with van der Waals surface area (Å²) >= 11 is 0. The number of piperidine rings is 3. The van der Waals surface area contributed by atoms with E-state index >= 15 is 0 Å². The quantitative estimate of drug-likeness (QED) is 0.0356. The molecule has 6 aromatic carbocycles. The number of alkyl halides is 9. The maximum absolute atomic E-state index is 13.9. The molecular formula is C78H92F11N9O7S. The van der Waals surface area contributed by atoms with Crippen molar-refractivity contribution in [3.05, 3.63) is 226 Å². The highest BCUT2D eigenvalue weighted by Gasteiger charge is 2.37. The smallest absolute Gasteiger partial charge is 0.416 e. The van der Waals surface area contributed by atoms with Crippen molar-refractivity contribution in [1.82, 2.24) is 29.4 Å². The summed E-state index contributed by atoms with van der Waals surface area (Å²) in [5, 5.41) is 18.3. The Morgan fingerprint density at radius 2 is 1.03 bits per heavy atom. The summed E-state index contributed by atoms with van der Waals surface area (Å²) in [6.45, 7) is 17.7. The Hall–Kier alpha value is -8.99. The number of anilines is 3. The number of halogens is 11. The van der Waals surface area contributed by atoms with E-state index in [1.807, 2.05) is 85.8 Å². The molecule has 3 aliphatic heterocycles. The summed E-state index contributed by atoms with van der Waals surface area (Å²) < 4.78 is 175. The van der Waals surface area contributed by atoms with Gasteiger partial charge in [0.1, 0.15) is 28.9 Å². The molecule has 2 atom stereocenters. The number of carbonyl (C=O) groups is 3. The first kappa shape index (κ1) is 82.7. The number of benzene rings is 6. The number of sulfone groups is 1. The third-order valence-corrected chi connectivity index (χ3v) is 20.5. The van der Waals surface area contributed by atoms with Gasteiger partial charge in [-0.15, -0.1) is 0 Å². The van der Waals surface area contributed by atoms with Crippen LogP contribution in [-0.4, -0.2) is 137 Å². The molecule has 3 saturated heterocycles. The number of unbranched alkanes of at least 4 members (excludes halogenated alkanes) is 1. The Morgan fingerprint density at radius 1 is 0.566 bits per heavy atom. The molecule has 4 N–H and O–H groups in total. The maximum atomic E-state index is 13.9. The molecule has 2 unspecified atom stereocenters. The molecule has 0 aliphatic carbocycles. The molecule has 6 amide bonds. The fourth-order valence-corrected chi connectivity index (χ4v) is 14.2. The van der Waals surface area contributed by atoms with Crippen molar-refractivity contribution in [3.63, 3.8) is 0 Å². The molecule has 106 heavy (non-hydrogen) atoms. The number of rotatable bonds is 23. The first-order valence-corrected chi connectivity index (χ1v) is 37.1. The molecule has 16 nitrogen and oxygen atoms in total. The number of hydrogen-bond acceptors (Lipinski definition) is 10. The van der Waals surface area contributed by atoms with Crippen LogP contribution in [0.4, 0.5) is 79.7 Å². The molecule has 4 heterocycles. The topological polar surface area (TPSA) is 174 Å². The van der Waals surface area contributed by atoms with Crippen LogP contribution in [0.2, 0.25) is 0 Å². The van der Waals surface area contributed by atoms with Crippen LogP contribution in [0.3, 0.4) is 0 Å². The highest BCUT2D eigenvalue weighted by Crippen LogP contribution is 2.36. The highest BCUT2D eigenvalue weighted by atomic mass is 32.2. The van der Waals surface area contributed by atoms with E-state index in [9.17, 15) is 76.2 Å². The van der Waals surface area contributed by atoms with Crippen LogP contribution < -0.4 is 16.0 Å². The summed E-state index contributed by atoms with van der Waals surface area (Å²) in [6, 6.07) is 36.9. The number of phenols is 1. The van der Waals surface area contributed by atoms with Crippen LogP contribution in [0.15, 0.2) is 174 Å². The first-order valence-electron chi connectivity index (χ1n) is 35.4. The predicted octanol–water partition coefficient (Wildman–Crippen LogP) is 18.8. The van der Waals surface area contributed by atoms with Gasteiger partial charge >= 0.3 is 36.6 Å². The van der Waals surface area contributed by atoms with Crippen molar-refractivity contribution in [2.24, 2.45) is 0 Å². The fourth-order valence-electron chi connectivity index (χ4n) is 13.4. The number of carbonyl (C=O) groups excluding carboxylic acids is 3. The zero-order valence-corrected chi connectivity index (χ0v) is 60.5. The molecule has 1 aromatic heterocycles. The lowest BCUT2D eigenvalue weighted by Crippen LogP contribution is -2.50. The van der Waals surface area contributed by atoms with Crippen LogP contribution in [0.1, 0.15) is 136 Å². The summed E-state index contributed by atoms with van der Waals surface area (Å²) in [7, 11) is -3.32. The average molecular weight is 1510 g/mol. The second-order valence-corrected chi connectivity index (χ2v) is 29.0. The average Bonchev–Trinajstić information content (AvgIpc) is 0.952. The van der Waals surface area contributed by atoms with E-state index in [-0.39, 0.29) is 65.8 Å². The predicted molar refractivity (Wildman–Crippen MR) is 387 cm³/mol. The van der Waals surface area contributed by atoms with E-state index in [4.69, 9.17) is 4.42 Å². The van der Waals surface area contributed by atoms with Crippen molar-refractivity contribution in [1.29, 1.82) is 0 Å². The van der Waals surface area contributed by atoms with Crippen molar-refractivity contribution in [2.45, 2.75) is 160 Å². The van der Waals surface area contributed by atoms with Crippen LogP contribution in [0, 0.1) is 18.6 Å². The van der Waals surface area contributed by atoms with Gasteiger partial charge in [-0.2, -0.15) is 39.5 Å². The minimum Gasteiger partial charge on any atom is -0.508 e. The molecule has 3 aliphatic rings. The van der Waals surface area contributed by atoms with E-state index in [1.165, 1.54) is 12.1 Å². The molecule has 0 bridgehead atoms. The molecule has 0 saturated carbocycles. The van der Waals surface area contributed by atoms with Gasteiger partial charge in [0.15, 0.2) is 9.84 Å². The number of hydrogen-bond donors (Lipinski definition) is 4. The van der Waals surface area contributed by atoms with E-state index in [0.29, 0.717) is 82.9 Å². The van der Waals surface area contributed by atoms with E-state index in [0.717, 1.165) is 122 Å². The summed E-state index contributed by atoms with van der Waals surface area (Å²) in [6.07, 6.45) is -6.71. The van der Waals surface area contributed by atoms with Gasteiger partial charge < -0.3 is 45.1 Å². The van der Waals surface area contributed by atoms with Crippen molar-refractivity contribution < 1.29 is 80.6 Å². The Labute approximate surface area is 612 Å². The van der Waals surface area contributed by atoms with Gasteiger partial charge in [-0.25, -0.2) is 31.6 Å². The van der Waals surface area contributed by atoms with Gasteiger partial charge in [0.2, 0.25) is 0 Å². The zero-order valence-electron chi connectivity index (χ0n) is 59.7. The summed E-state index contributed by atoms with van der Waals surface area (Å²) in [4.78, 5) is 51.5. The van der Waals surface area contributed by atoms with E-state index in [1.54, 1.807) is 32.9 Å². The molecule has 0 radical (unpaired) electrons. The number of likely N-dealkylation sites (tertiary alicyclic amines) is 3. The van der Waals surface area contributed by atoms with Crippen molar-refractivity contribution >= 4 is 45.0 Å². The third kappa shape index (κ3) is 25.3. The number of urea groups is 3. The Morgan fingerprint density at radius 3 is 1.50 bits per heavy atom. The first-order chi connectivity index (χ1) is 50.2. The Balaban J connectivity index is 0.000000201. The maximum Gasteiger partial charge on any atom is 0.416 e. The van der Waals surface area contributed by atoms with Crippen LogP contribution in [-0.2, 0) is 48.0 Å². The number of phenolic OH excluding ortho intramolecular Hbond substituents is 1. The molecule has 0 spiro atoms. The van der Waals surface area contributed by atoms with Gasteiger partial charge in [-0.3, -0.25) is 9.80 Å². The number of nitrogens with zero attached hydrogens (tertiary/aromatic N) is 6.